The number of carbonyl (C=O) groups excluding carboxylic acids is 1. The first-order chi connectivity index (χ1) is 9.92. The van der Waals surface area contributed by atoms with E-state index in [1.807, 2.05) is 11.4 Å². The molecule has 0 spiro atoms. The van der Waals surface area contributed by atoms with Crippen molar-refractivity contribution in [2.45, 2.75) is 19.0 Å². The highest BCUT2D eigenvalue weighted by Crippen LogP contribution is 2.22. The van der Waals surface area contributed by atoms with Gasteiger partial charge in [-0.05, 0) is 49.4 Å². The number of likely N-dealkylation sites (tertiary alicyclic amines) is 1. The van der Waals surface area contributed by atoms with Crippen molar-refractivity contribution >= 4 is 22.4 Å². The van der Waals surface area contributed by atoms with Crippen LogP contribution in [-0.4, -0.2) is 43.3 Å². The second kappa shape index (κ2) is 7.13. The molecule has 118 valence electrons. The van der Waals surface area contributed by atoms with Crippen LogP contribution in [0.4, 0.5) is 23.0 Å². The number of urea groups is 1. The maximum Gasteiger partial charge on any atom is 0.401 e. The van der Waals surface area contributed by atoms with Crippen LogP contribution in [0.1, 0.15) is 12.8 Å². The molecule has 2 rings (SSSR count). The second-order valence-electron chi connectivity index (χ2n) is 5.15. The average Bonchev–Trinajstić information content (AvgIpc) is 2.89. The molecule has 0 radical (unpaired) electrons. The van der Waals surface area contributed by atoms with Gasteiger partial charge in [0.25, 0.3) is 0 Å². The molecule has 4 nitrogen and oxygen atoms in total. The lowest BCUT2D eigenvalue weighted by Gasteiger charge is -2.32. The van der Waals surface area contributed by atoms with Crippen LogP contribution >= 0.6 is 11.3 Å². The molecule has 0 atom stereocenters. The zero-order valence-electron chi connectivity index (χ0n) is 11.4. The van der Waals surface area contributed by atoms with Gasteiger partial charge in [0.05, 0.1) is 11.5 Å². The number of anilines is 1. The molecule has 0 unspecified atom stereocenters. The van der Waals surface area contributed by atoms with Crippen LogP contribution < -0.4 is 10.6 Å². The standard InChI is InChI=1S/C13H18F3N3OS/c14-13(15,16)9-19-5-3-10(4-6-19)8-17-12(20)18-11-2-1-7-21-11/h1-2,7,10H,3-6,8-9H2,(H2,17,18,20). The van der Waals surface area contributed by atoms with E-state index in [1.165, 1.54) is 16.2 Å². The molecule has 1 aliphatic rings. The molecule has 0 bridgehead atoms. The van der Waals surface area contributed by atoms with Gasteiger partial charge in [-0.1, -0.05) is 0 Å². The summed E-state index contributed by atoms with van der Waals surface area (Å²) in [6, 6.07) is 3.38. The predicted molar refractivity (Wildman–Crippen MR) is 76.6 cm³/mol. The van der Waals surface area contributed by atoms with Gasteiger partial charge in [0.1, 0.15) is 0 Å². The summed E-state index contributed by atoms with van der Waals surface area (Å²) in [5, 5.41) is 8.12. The molecule has 1 aromatic heterocycles. The predicted octanol–water partition coefficient (Wildman–Crippen LogP) is 3.14. The first kappa shape index (κ1) is 16.1. The number of alkyl halides is 3. The first-order valence-electron chi connectivity index (χ1n) is 6.80. The Kier molecular flexibility index (Phi) is 5.46. The average molecular weight is 321 g/mol. The number of hydrogen-bond acceptors (Lipinski definition) is 3. The van der Waals surface area contributed by atoms with E-state index < -0.39 is 12.7 Å². The van der Waals surface area contributed by atoms with Gasteiger partial charge in [-0.15, -0.1) is 11.3 Å². The van der Waals surface area contributed by atoms with Crippen LogP contribution in [0.2, 0.25) is 0 Å². The number of piperidine rings is 1. The summed E-state index contributed by atoms with van der Waals surface area (Å²) in [5.41, 5.74) is 0. The molecule has 0 aliphatic carbocycles. The zero-order chi connectivity index (χ0) is 15.3. The fourth-order valence-corrected chi connectivity index (χ4v) is 2.96. The van der Waals surface area contributed by atoms with Crippen LogP contribution in [0, 0.1) is 5.92 Å². The summed E-state index contributed by atoms with van der Waals surface area (Å²) < 4.78 is 36.8. The molecule has 0 saturated carbocycles. The second-order valence-corrected chi connectivity index (χ2v) is 6.09. The van der Waals surface area contributed by atoms with Crippen molar-refractivity contribution in [2.75, 3.05) is 31.5 Å². The maximum absolute atomic E-state index is 12.3. The van der Waals surface area contributed by atoms with Gasteiger partial charge in [0.15, 0.2) is 0 Å². The quantitative estimate of drug-likeness (QED) is 0.895. The molecule has 2 N–H and O–H groups in total. The van der Waals surface area contributed by atoms with Crippen LogP contribution in [0.25, 0.3) is 0 Å². The SMILES string of the molecule is O=C(NCC1CCN(CC(F)(F)F)CC1)Nc1cccs1. The molecule has 1 saturated heterocycles. The van der Waals surface area contributed by atoms with Gasteiger partial charge >= 0.3 is 12.2 Å². The Hall–Kier alpha value is -1.28. The summed E-state index contributed by atoms with van der Waals surface area (Å²) >= 11 is 1.43. The summed E-state index contributed by atoms with van der Waals surface area (Å²) in [7, 11) is 0. The molecular formula is C13H18F3N3OS. The lowest BCUT2D eigenvalue weighted by atomic mass is 9.97. The highest BCUT2D eigenvalue weighted by molar-refractivity contribution is 7.14. The van der Waals surface area contributed by atoms with Crippen molar-refractivity contribution in [1.82, 2.24) is 10.2 Å². The van der Waals surface area contributed by atoms with E-state index in [0.29, 0.717) is 32.5 Å². The summed E-state index contributed by atoms with van der Waals surface area (Å²) in [6.07, 6.45) is -2.78. The number of hydrogen-bond donors (Lipinski definition) is 2. The molecular weight excluding hydrogens is 303 g/mol. The molecule has 2 heterocycles. The van der Waals surface area contributed by atoms with E-state index in [1.54, 1.807) is 6.07 Å². The van der Waals surface area contributed by atoms with Crippen molar-refractivity contribution in [3.8, 4) is 0 Å². The number of nitrogens with zero attached hydrogens (tertiary/aromatic N) is 1. The Balaban J connectivity index is 1.63. The smallest absolute Gasteiger partial charge is 0.338 e. The lowest BCUT2D eigenvalue weighted by Crippen LogP contribution is -2.43. The van der Waals surface area contributed by atoms with E-state index in [-0.39, 0.29) is 11.9 Å². The van der Waals surface area contributed by atoms with Gasteiger partial charge in [0, 0.05) is 6.54 Å². The lowest BCUT2D eigenvalue weighted by molar-refractivity contribution is -0.148. The summed E-state index contributed by atoms with van der Waals surface area (Å²) in [4.78, 5) is 13.0. The largest absolute Gasteiger partial charge is 0.401 e. The van der Waals surface area contributed by atoms with Crippen LogP contribution in [0.5, 0.6) is 0 Å². The van der Waals surface area contributed by atoms with Gasteiger partial charge in [-0.2, -0.15) is 13.2 Å². The molecule has 1 fully saturated rings. The highest BCUT2D eigenvalue weighted by atomic mass is 32.1. The fourth-order valence-electron chi connectivity index (χ4n) is 2.35. The van der Waals surface area contributed by atoms with Crippen LogP contribution in [0.3, 0.4) is 0 Å². The molecule has 0 aromatic carbocycles. The van der Waals surface area contributed by atoms with E-state index in [0.717, 1.165) is 5.00 Å². The third-order valence-electron chi connectivity index (χ3n) is 3.42. The number of nitrogens with one attached hydrogen (secondary N) is 2. The molecule has 21 heavy (non-hydrogen) atoms. The van der Waals surface area contributed by atoms with Gasteiger partial charge in [-0.25, -0.2) is 4.79 Å². The minimum absolute atomic E-state index is 0.239. The Morgan fingerprint density at radius 3 is 2.67 bits per heavy atom. The third-order valence-corrected chi connectivity index (χ3v) is 4.20. The molecule has 1 aliphatic heterocycles. The van der Waals surface area contributed by atoms with E-state index in [9.17, 15) is 18.0 Å². The Bertz CT molecular complexity index is 442. The summed E-state index contributed by atoms with van der Waals surface area (Å²) in [6.45, 7) is 0.514. The van der Waals surface area contributed by atoms with Crippen molar-refractivity contribution in [3.05, 3.63) is 17.5 Å². The fraction of sp³-hybridized carbons (Fsp3) is 0.615. The van der Waals surface area contributed by atoms with Gasteiger partial charge < -0.3 is 5.32 Å². The van der Waals surface area contributed by atoms with E-state index in [2.05, 4.69) is 10.6 Å². The first-order valence-corrected chi connectivity index (χ1v) is 7.68. The molecule has 8 heteroatoms. The monoisotopic (exact) mass is 321 g/mol. The molecule has 1 aromatic rings. The number of amides is 2. The number of thiophene rings is 1. The number of rotatable bonds is 4. The molecule has 2 amide bonds. The number of carbonyl (C=O) groups is 1. The van der Waals surface area contributed by atoms with Crippen molar-refractivity contribution < 1.29 is 18.0 Å². The van der Waals surface area contributed by atoms with Gasteiger partial charge in [0.2, 0.25) is 0 Å². The Labute approximate surface area is 125 Å². The van der Waals surface area contributed by atoms with E-state index in [4.69, 9.17) is 0 Å². The van der Waals surface area contributed by atoms with Crippen molar-refractivity contribution in [1.29, 1.82) is 0 Å². The maximum atomic E-state index is 12.3. The van der Waals surface area contributed by atoms with E-state index >= 15 is 0 Å². The van der Waals surface area contributed by atoms with Gasteiger partial charge in [-0.3, -0.25) is 10.2 Å². The zero-order valence-corrected chi connectivity index (χ0v) is 12.3. The minimum Gasteiger partial charge on any atom is -0.338 e. The Morgan fingerprint density at radius 2 is 2.10 bits per heavy atom. The van der Waals surface area contributed by atoms with Crippen LogP contribution in [0.15, 0.2) is 17.5 Å². The van der Waals surface area contributed by atoms with Crippen LogP contribution in [-0.2, 0) is 0 Å². The number of halogens is 3. The third kappa shape index (κ3) is 5.92. The normalized spacial score (nSPS) is 17.7. The topological polar surface area (TPSA) is 44.4 Å². The van der Waals surface area contributed by atoms with Crippen molar-refractivity contribution in [2.24, 2.45) is 5.92 Å². The Morgan fingerprint density at radius 1 is 1.38 bits per heavy atom. The highest BCUT2D eigenvalue weighted by Gasteiger charge is 2.32. The minimum atomic E-state index is -4.13. The summed E-state index contributed by atoms with van der Waals surface area (Å²) in [5.74, 6) is 0.239. The van der Waals surface area contributed by atoms with Crippen molar-refractivity contribution in [3.63, 3.8) is 0 Å².